The van der Waals surface area contributed by atoms with Gasteiger partial charge in [0, 0.05) is 38.3 Å². The predicted molar refractivity (Wildman–Crippen MR) is 91.8 cm³/mol. The van der Waals surface area contributed by atoms with Gasteiger partial charge in [0.15, 0.2) is 0 Å². The average Bonchev–Trinajstić information content (AvgIpc) is 3.04. The molecule has 1 unspecified atom stereocenters. The van der Waals surface area contributed by atoms with Gasteiger partial charge in [-0.3, -0.25) is 9.59 Å². The molecule has 0 aliphatic carbocycles. The van der Waals surface area contributed by atoms with Crippen LogP contribution < -0.4 is 14.8 Å². The number of ether oxygens (including phenoxy) is 3. The van der Waals surface area contributed by atoms with Crippen LogP contribution in [0.3, 0.4) is 0 Å². The molecule has 2 amide bonds. The lowest BCUT2D eigenvalue weighted by molar-refractivity contribution is -0.131. The average molecular weight is 348 g/mol. The maximum Gasteiger partial charge on any atom is 0.229 e. The van der Waals surface area contributed by atoms with Crippen molar-refractivity contribution in [2.24, 2.45) is 5.92 Å². The highest BCUT2D eigenvalue weighted by Crippen LogP contribution is 2.31. The molecular weight excluding hydrogens is 324 g/mol. The molecule has 0 spiro atoms. The van der Waals surface area contributed by atoms with Crippen molar-refractivity contribution in [2.45, 2.75) is 25.3 Å². The number of hydrogen-bond donors (Lipinski definition) is 1. The molecule has 2 heterocycles. The molecule has 7 nitrogen and oxygen atoms in total. The fourth-order valence-electron chi connectivity index (χ4n) is 3.39. The molecule has 0 radical (unpaired) electrons. The molecule has 1 atom stereocenters. The van der Waals surface area contributed by atoms with E-state index in [4.69, 9.17) is 14.2 Å². The Hall–Kier alpha value is -2.28. The minimum Gasteiger partial charge on any atom is -0.497 e. The summed E-state index contributed by atoms with van der Waals surface area (Å²) in [6.45, 7) is 1.82. The third-order valence-electron chi connectivity index (χ3n) is 4.83. The van der Waals surface area contributed by atoms with Gasteiger partial charge in [-0.05, 0) is 25.0 Å². The van der Waals surface area contributed by atoms with Gasteiger partial charge >= 0.3 is 0 Å². The number of hydrogen-bond acceptors (Lipinski definition) is 5. The molecule has 1 aromatic carbocycles. The summed E-state index contributed by atoms with van der Waals surface area (Å²) >= 11 is 0. The Morgan fingerprint density at radius 3 is 2.68 bits per heavy atom. The lowest BCUT2D eigenvalue weighted by Crippen LogP contribution is -2.41. The summed E-state index contributed by atoms with van der Waals surface area (Å²) in [4.78, 5) is 26.8. The van der Waals surface area contributed by atoms with Crippen LogP contribution in [0.25, 0.3) is 0 Å². The second-order valence-corrected chi connectivity index (χ2v) is 6.35. The SMILES string of the molecule is COc1ccc(NC(=O)C2CC(=O)N(C3CCOCC3)C2)c(OC)c1. The van der Waals surface area contributed by atoms with E-state index in [1.165, 1.54) is 7.11 Å². The van der Waals surface area contributed by atoms with Gasteiger partial charge in [0.05, 0.1) is 25.8 Å². The molecule has 25 heavy (non-hydrogen) atoms. The summed E-state index contributed by atoms with van der Waals surface area (Å²) in [6, 6.07) is 5.40. The van der Waals surface area contributed by atoms with E-state index >= 15 is 0 Å². The van der Waals surface area contributed by atoms with Crippen molar-refractivity contribution in [3.63, 3.8) is 0 Å². The summed E-state index contributed by atoms with van der Waals surface area (Å²) in [5, 5.41) is 2.88. The number of nitrogens with one attached hydrogen (secondary N) is 1. The molecule has 3 rings (SSSR count). The molecular formula is C18H24N2O5. The minimum atomic E-state index is -0.345. The molecule has 2 aliphatic rings. The van der Waals surface area contributed by atoms with Crippen molar-refractivity contribution in [3.8, 4) is 11.5 Å². The van der Waals surface area contributed by atoms with Crippen LogP contribution in [0.4, 0.5) is 5.69 Å². The zero-order valence-corrected chi connectivity index (χ0v) is 14.6. The topological polar surface area (TPSA) is 77.1 Å². The highest BCUT2D eigenvalue weighted by molar-refractivity contribution is 5.98. The van der Waals surface area contributed by atoms with E-state index in [1.54, 1.807) is 25.3 Å². The Morgan fingerprint density at radius 2 is 2.00 bits per heavy atom. The number of carbonyl (C=O) groups excluding carboxylic acids is 2. The molecule has 0 bridgehead atoms. The highest BCUT2D eigenvalue weighted by Gasteiger charge is 2.38. The van der Waals surface area contributed by atoms with Crippen LogP contribution in [0.15, 0.2) is 18.2 Å². The number of methoxy groups -OCH3 is 2. The number of benzene rings is 1. The molecule has 7 heteroatoms. The van der Waals surface area contributed by atoms with Gasteiger partial charge in [-0.2, -0.15) is 0 Å². The number of rotatable bonds is 5. The van der Waals surface area contributed by atoms with Crippen LogP contribution in [-0.4, -0.2) is 56.7 Å². The van der Waals surface area contributed by atoms with Crippen LogP contribution in [0.5, 0.6) is 11.5 Å². The normalized spacial score (nSPS) is 21.3. The first-order chi connectivity index (χ1) is 12.1. The van der Waals surface area contributed by atoms with Crippen LogP contribution in [-0.2, 0) is 14.3 Å². The molecule has 1 aromatic rings. The molecule has 2 saturated heterocycles. The van der Waals surface area contributed by atoms with Crippen molar-refractivity contribution in [1.82, 2.24) is 4.90 Å². The van der Waals surface area contributed by atoms with Crippen molar-refractivity contribution in [2.75, 3.05) is 39.3 Å². The van der Waals surface area contributed by atoms with E-state index in [2.05, 4.69) is 5.32 Å². The largest absolute Gasteiger partial charge is 0.497 e. The molecule has 0 aromatic heterocycles. The van der Waals surface area contributed by atoms with E-state index in [-0.39, 0.29) is 30.2 Å². The van der Waals surface area contributed by atoms with Crippen LogP contribution in [0, 0.1) is 5.92 Å². The zero-order valence-electron chi connectivity index (χ0n) is 14.6. The summed E-state index contributed by atoms with van der Waals surface area (Å²) in [5.74, 6) is 0.720. The monoisotopic (exact) mass is 348 g/mol. The highest BCUT2D eigenvalue weighted by atomic mass is 16.5. The first-order valence-corrected chi connectivity index (χ1v) is 8.52. The molecule has 136 valence electrons. The van der Waals surface area contributed by atoms with Crippen LogP contribution >= 0.6 is 0 Å². The lowest BCUT2D eigenvalue weighted by atomic mass is 10.1. The third-order valence-corrected chi connectivity index (χ3v) is 4.83. The smallest absolute Gasteiger partial charge is 0.229 e. The lowest BCUT2D eigenvalue weighted by Gasteiger charge is -2.31. The van der Waals surface area contributed by atoms with Crippen LogP contribution in [0.1, 0.15) is 19.3 Å². The number of amides is 2. The second kappa shape index (κ2) is 7.74. The van der Waals surface area contributed by atoms with E-state index in [0.717, 1.165) is 12.8 Å². The van der Waals surface area contributed by atoms with Crippen LogP contribution in [0.2, 0.25) is 0 Å². The Kier molecular flexibility index (Phi) is 5.43. The molecule has 0 saturated carbocycles. The zero-order chi connectivity index (χ0) is 17.8. The van der Waals surface area contributed by atoms with E-state index in [1.807, 2.05) is 4.90 Å². The fourth-order valence-corrected chi connectivity index (χ4v) is 3.39. The van der Waals surface area contributed by atoms with Gasteiger partial charge < -0.3 is 24.4 Å². The van der Waals surface area contributed by atoms with Gasteiger partial charge in [0.1, 0.15) is 11.5 Å². The maximum absolute atomic E-state index is 12.6. The Morgan fingerprint density at radius 1 is 1.24 bits per heavy atom. The van der Waals surface area contributed by atoms with Crippen molar-refractivity contribution in [3.05, 3.63) is 18.2 Å². The first-order valence-electron chi connectivity index (χ1n) is 8.52. The minimum absolute atomic E-state index is 0.0498. The molecule has 2 aliphatic heterocycles. The predicted octanol–water partition coefficient (Wildman–Crippen LogP) is 1.67. The summed E-state index contributed by atoms with van der Waals surface area (Å²) < 4.78 is 15.8. The van der Waals surface area contributed by atoms with E-state index < -0.39 is 0 Å². The standard InChI is InChI=1S/C18H24N2O5/c1-23-14-3-4-15(16(10-14)24-2)19-18(22)12-9-17(21)20(11-12)13-5-7-25-8-6-13/h3-4,10,12-13H,5-9,11H2,1-2H3,(H,19,22). The fraction of sp³-hybridized carbons (Fsp3) is 0.556. The Bertz CT molecular complexity index is 642. The van der Waals surface area contributed by atoms with Gasteiger partial charge in [-0.1, -0.05) is 0 Å². The summed E-state index contributed by atoms with van der Waals surface area (Å²) in [5.41, 5.74) is 0.574. The Labute approximate surface area is 147 Å². The molecule has 2 fully saturated rings. The number of nitrogens with zero attached hydrogens (tertiary/aromatic N) is 1. The van der Waals surface area contributed by atoms with Crippen molar-refractivity contribution >= 4 is 17.5 Å². The van der Waals surface area contributed by atoms with E-state index in [9.17, 15) is 9.59 Å². The quantitative estimate of drug-likeness (QED) is 0.876. The van der Waals surface area contributed by atoms with Gasteiger partial charge in [0.2, 0.25) is 11.8 Å². The third kappa shape index (κ3) is 3.87. The van der Waals surface area contributed by atoms with E-state index in [0.29, 0.717) is 36.9 Å². The van der Waals surface area contributed by atoms with Crippen molar-refractivity contribution in [1.29, 1.82) is 0 Å². The maximum atomic E-state index is 12.6. The van der Waals surface area contributed by atoms with Gasteiger partial charge in [-0.15, -0.1) is 0 Å². The van der Waals surface area contributed by atoms with Gasteiger partial charge in [-0.25, -0.2) is 0 Å². The van der Waals surface area contributed by atoms with Gasteiger partial charge in [0.25, 0.3) is 0 Å². The van der Waals surface area contributed by atoms with Crippen molar-refractivity contribution < 1.29 is 23.8 Å². The summed E-state index contributed by atoms with van der Waals surface area (Å²) in [7, 11) is 3.11. The first kappa shape index (κ1) is 17.5. The number of anilines is 1. The second-order valence-electron chi connectivity index (χ2n) is 6.35. The number of carbonyl (C=O) groups is 2. The number of likely N-dealkylation sites (tertiary alicyclic amines) is 1. The summed E-state index contributed by atoms with van der Waals surface area (Å²) in [6.07, 6.45) is 1.93. The molecule has 1 N–H and O–H groups in total. The Balaban J connectivity index is 1.65.